The summed E-state index contributed by atoms with van der Waals surface area (Å²) in [4.78, 5) is 4.22. The SMILES string of the molecule is O=S(=O)(c1ccc(Nc2ccc(F)c(Cl)c2)nc1)N1CCOCC1. The zero-order chi connectivity index (χ0) is 17.2. The molecule has 1 N–H and O–H groups in total. The summed E-state index contributed by atoms with van der Waals surface area (Å²) < 4.78 is 44.7. The highest BCUT2D eigenvalue weighted by Crippen LogP contribution is 2.23. The predicted molar refractivity (Wildman–Crippen MR) is 88.5 cm³/mol. The Kier molecular flexibility index (Phi) is 5.00. The van der Waals surface area contributed by atoms with Gasteiger partial charge in [-0.25, -0.2) is 17.8 Å². The molecule has 1 aliphatic rings. The number of aromatic nitrogens is 1. The molecular weight excluding hydrogens is 357 g/mol. The van der Waals surface area contributed by atoms with E-state index in [9.17, 15) is 12.8 Å². The highest BCUT2D eigenvalue weighted by Gasteiger charge is 2.26. The topological polar surface area (TPSA) is 71.5 Å². The van der Waals surface area contributed by atoms with Crippen molar-refractivity contribution in [2.24, 2.45) is 0 Å². The third kappa shape index (κ3) is 3.67. The van der Waals surface area contributed by atoms with Gasteiger partial charge in [0.25, 0.3) is 0 Å². The average molecular weight is 372 g/mol. The van der Waals surface area contributed by atoms with E-state index in [2.05, 4.69) is 10.3 Å². The van der Waals surface area contributed by atoms with Gasteiger partial charge >= 0.3 is 0 Å². The fourth-order valence-corrected chi connectivity index (χ4v) is 3.80. The number of sulfonamides is 1. The summed E-state index contributed by atoms with van der Waals surface area (Å²) in [5, 5.41) is 2.93. The van der Waals surface area contributed by atoms with Gasteiger partial charge < -0.3 is 10.1 Å². The second-order valence-corrected chi connectivity index (χ2v) is 7.49. The lowest BCUT2D eigenvalue weighted by atomic mass is 10.3. The monoisotopic (exact) mass is 371 g/mol. The number of hydrogen-bond acceptors (Lipinski definition) is 5. The molecule has 0 saturated carbocycles. The molecule has 24 heavy (non-hydrogen) atoms. The number of nitrogens with one attached hydrogen (secondary N) is 1. The quantitative estimate of drug-likeness (QED) is 0.894. The Morgan fingerprint density at radius 2 is 1.96 bits per heavy atom. The smallest absolute Gasteiger partial charge is 0.244 e. The highest BCUT2D eigenvalue weighted by atomic mass is 35.5. The van der Waals surface area contributed by atoms with Crippen LogP contribution in [0.2, 0.25) is 5.02 Å². The number of anilines is 2. The maximum atomic E-state index is 13.1. The van der Waals surface area contributed by atoms with Crippen LogP contribution in [0.1, 0.15) is 0 Å². The lowest BCUT2D eigenvalue weighted by molar-refractivity contribution is 0.0730. The number of halogens is 2. The van der Waals surface area contributed by atoms with E-state index in [0.717, 1.165) is 0 Å². The zero-order valence-corrected chi connectivity index (χ0v) is 14.1. The van der Waals surface area contributed by atoms with Crippen LogP contribution < -0.4 is 5.32 Å². The largest absolute Gasteiger partial charge is 0.379 e. The van der Waals surface area contributed by atoms with Crippen LogP contribution in [0, 0.1) is 5.82 Å². The van der Waals surface area contributed by atoms with Crippen LogP contribution >= 0.6 is 11.6 Å². The first kappa shape index (κ1) is 17.1. The standard InChI is InChI=1S/C15H15ClFN3O3S/c16-13-9-11(1-3-14(13)17)19-15-4-2-12(10-18-15)24(21,22)20-5-7-23-8-6-20/h1-4,9-10H,5-8H2,(H,18,19). The molecule has 1 aromatic carbocycles. The lowest BCUT2D eigenvalue weighted by Crippen LogP contribution is -2.40. The van der Waals surface area contributed by atoms with Crippen LogP contribution in [-0.2, 0) is 14.8 Å². The molecule has 6 nitrogen and oxygen atoms in total. The number of ether oxygens (including phenoxy) is 1. The molecule has 1 saturated heterocycles. The lowest BCUT2D eigenvalue weighted by Gasteiger charge is -2.25. The van der Waals surface area contributed by atoms with Gasteiger partial charge in [0.15, 0.2) is 0 Å². The highest BCUT2D eigenvalue weighted by molar-refractivity contribution is 7.89. The van der Waals surface area contributed by atoms with E-state index in [1.54, 1.807) is 6.07 Å². The van der Waals surface area contributed by atoms with E-state index in [-0.39, 0.29) is 9.92 Å². The summed E-state index contributed by atoms with van der Waals surface area (Å²) in [6, 6.07) is 7.20. The van der Waals surface area contributed by atoms with Gasteiger partial charge in [0.2, 0.25) is 10.0 Å². The van der Waals surface area contributed by atoms with E-state index < -0.39 is 15.8 Å². The first-order valence-corrected chi connectivity index (χ1v) is 9.05. The summed E-state index contributed by atoms with van der Waals surface area (Å²) in [6.07, 6.45) is 1.29. The van der Waals surface area contributed by atoms with Crippen LogP contribution in [-0.4, -0.2) is 44.0 Å². The number of rotatable bonds is 4. The molecule has 0 amide bonds. The Morgan fingerprint density at radius 1 is 1.21 bits per heavy atom. The molecule has 9 heteroatoms. The molecule has 1 fully saturated rings. The summed E-state index contributed by atoms with van der Waals surface area (Å²) in [5.74, 6) is -0.0827. The van der Waals surface area contributed by atoms with Gasteiger partial charge in [0.1, 0.15) is 16.5 Å². The maximum absolute atomic E-state index is 13.1. The van der Waals surface area contributed by atoms with Crippen molar-refractivity contribution in [3.8, 4) is 0 Å². The van der Waals surface area contributed by atoms with Crippen LogP contribution in [0.25, 0.3) is 0 Å². The predicted octanol–water partition coefficient (Wildman–Crippen LogP) is 2.64. The van der Waals surface area contributed by atoms with Gasteiger partial charge in [-0.3, -0.25) is 0 Å². The minimum atomic E-state index is -3.57. The molecule has 0 spiro atoms. The van der Waals surface area contributed by atoms with Crippen molar-refractivity contribution in [1.29, 1.82) is 0 Å². The van der Waals surface area contributed by atoms with Crippen molar-refractivity contribution in [1.82, 2.24) is 9.29 Å². The third-order valence-electron chi connectivity index (χ3n) is 3.54. The van der Waals surface area contributed by atoms with E-state index in [1.807, 2.05) is 0 Å². The second-order valence-electron chi connectivity index (χ2n) is 5.15. The molecule has 0 radical (unpaired) electrons. The van der Waals surface area contributed by atoms with Crippen molar-refractivity contribution in [2.45, 2.75) is 4.90 Å². The van der Waals surface area contributed by atoms with Gasteiger partial charge in [-0.05, 0) is 30.3 Å². The van der Waals surface area contributed by atoms with Crippen LogP contribution in [0.3, 0.4) is 0 Å². The van der Waals surface area contributed by atoms with Crippen molar-refractivity contribution in [3.05, 3.63) is 47.4 Å². The van der Waals surface area contributed by atoms with Crippen LogP contribution in [0.5, 0.6) is 0 Å². The Morgan fingerprint density at radius 3 is 2.58 bits per heavy atom. The average Bonchev–Trinajstić information content (AvgIpc) is 2.59. The van der Waals surface area contributed by atoms with E-state index >= 15 is 0 Å². The molecule has 1 aliphatic heterocycles. The molecule has 0 atom stereocenters. The number of nitrogens with zero attached hydrogens (tertiary/aromatic N) is 2. The minimum absolute atomic E-state index is 0.00786. The number of hydrogen-bond donors (Lipinski definition) is 1. The summed E-state index contributed by atoms with van der Waals surface area (Å²) in [7, 11) is -3.57. The van der Waals surface area contributed by atoms with Gasteiger partial charge in [-0.15, -0.1) is 0 Å². The molecule has 1 aromatic heterocycles. The third-order valence-corrected chi connectivity index (χ3v) is 5.71. The number of pyridine rings is 1. The normalized spacial score (nSPS) is 16.1. The van der Waals surface area contributed by atoms with Crippen molar-refractivity contribution in [3.63, 3.8) is 0 Å². The van der Waals surface area contributed by atoms with Crippen LogP contribution in [0.15, 0.2) is 41.4 Å². The molecule has 0 aliphatic carbocycles. The summed E-state index contributed by atoms with van der Waals surface area (Å²) in [6.45, 7) is 1.43. The van der Waals surface area contributed by atoms with E-state index in [0.29, 0.717) is 37.8 Å². The minimum Gasteiger partial charge on any atom is -0.379 e. The molecular formula is C15H15ClFN3O3S. The Balaban J connectivity index is 1.76. The Labute approximate surface area is 144 Å². The second kappa shape index (κ2) is 7.02. The molecule has 0 bridgehead atoms. The van der Waals surface area contributed by atoms with Gasteiger partial charge in [-0.2, -0.15) is 4.31 Å². The van der Waals surface area contributed by atoms with E-state index in [1.165, 1.54) is 34.8 Å². The fourth-order valence-electron chi connectivity index (χ4n) is 2.26. The number of benzene rings is 1. The zero-order valence-electron chi connectivity index (χ0n) is 12.6. The molecule has 3 rings (SSSR count). The first-order chi connectivity index (χ1) is 11.5. The van der Waals surface area contributed by atoms with Gasteiger partial charge in [0, 0.05) is 25.0 Å². The first-order valence-electron chi connectivity index (χ1n) is 7.23. The number of morpholine rings is 1. The summed E-state index contributed by atoms with van der Waals surface area (Å²) >= 11 is 5.72. The molecule has 2 heterocycles. The van der Waals surface area contributed by atoms with Gasteiger partial charge in [0.05, 0.1) is 18.2 Å². The van der Waals surface area contributed by atoms with E-state index in [4.69, 9.17) is 16.3 Å². The molecule has 2 aromatic rings. The maximum Gasteiger partial charge on any atom is 0.244 e. The van der Waals surface area contributed by atoms with Crippen molar-refractivity contribution < 1.29 is 17.5 Å². The Bertz CT molecular complexity index is 824. The van der Waals surface area contributed by atoms with Crippen molar-refractivity contribution >= 4 is 33.1 Å². The van der Waals surface area contributed by atoms with Crippen LogP contribution in [0.4, 0.5) is 15.9 Å². The molecule has 0 unspecified atom stereocenters. The fraction of sp³-hybridized carbons (Fsp3) is 0.267. The Hall–Kier alpha value is -1.74. The molecule has 128 valence electrons. The summed E-state index contributed by atoms with van der Waals surface area (Å²) in [5.41, 5.74) is 0.553. The van der Waals surface area contributed by atoms with Crippen molar-refractivity contribution in [2.75, 3.05) is 31.6 Å². The van der Waals surface area contributed by atoms with Gasteiger partial charge in [-0.1, -0.05) is 11.6 Å².